The van der Waals surface area contributed by atoms with Gasteiger partial charge in [-0.1, -0.05) is 36.4 Å². The van der Waals surface area contributed by atoms with Gasteiger partial charge in [0.25, 0.3) is 0 Å². The zero-order chi connectivity index (χ0) is 21.1. The van der Waals surface area contributed by atoms with E-state index in [1.54, 1.807) is 19.2 Å². The smallest absolute Gasteiger partial charge is 0.182 e. The van der Waals surface area contributed by atoms with Crippen molar-refractivity contribution in [3.05, 3.63) is 93.4 Å². The molecule has 4 heteroatoms. The molecule has 2 aromatic carbocycles. The Morgan fingerprint density at radius 1 is 0.967 bits per heavy atom. The number of benzene rings is 2. The molecule has 0 radical (unpaired) electrons. The Morgan fingerprint density at radius 3 is 2.30 bits per heavy atom. The lowest BCUT2D eigenvalue weighted by molar-refractivity contribution is 0.280. The third kappa shape index (κ3) is 4.48. The van der Waals surface area contributed by atoms with Crippen LogP contribution in [0.25, 0.3) is 11.8 Å². The number of nitrogens with zero attached hydrogens (tertiary/aromatic N) is 1. The minimum atomic E-state index is 0.0242. The van der Waals surface area contributed by atoms with Crippen molar-refractivity contribution in [3.63, 3.8) is 0 Å². The van der Waals surface area contributed by atoms with Crippen molar-refractivity contribution in [2.24, 2.45) is 5.92 Å². The predicted molar refractivity (Wildman–Crippen MR) is 121 cm³/mol. The summed E-state index contributed by atoms with van der Waals surface area (Å²) in [7, 11) is 1.67. The zero-order valence-electron chi connectivity index (χ0n) is 17.7. The van der Waals surface area contributed by atoms with Crippen LogP contribution >= 0.6 is 0 Å². The summed E-state index contributed by atoms with van der Waals surface area (Å²) < 4.78 is 13.7. The SMILES string of the molecule is COc1ccc(/C(=C/n2c(C)cc(=O)cc2C)c2ccccc2)cc1OCC1CC1. The quantitative estimate of drug-likeness (QED) is 0.539. The van der Waals surface area contributed by atoms with E-state index in [0.29, 0.717) is 5.92 Å². The largest absolute Gasteiger partial charge is 0.493 e. The van der Waals surface area contributed by atoms with Gasteiger partial charge in [0, 0.05) is 35.3 Å². The van der Waals surface area contributed by atoms with Crippen LogP contribution in [0.2, 0.25) is 0 Å². The van der Waals surface area contributed by atoms with Crippen LogP contribution in [0.3, 0.4) is 0 Å². The Kier molecular flexibility index (Phi) is 5.75. The standard InChI is InChI=1S/C26H27NO3/c1-18-13-23(28)14-19(2)27(18)16-24(21-7-5-4-6-8-21)22-11-12-25(29-3)26(15-22)30-17-20-9-10-20/h4-8,11-16,20H,9-10,17H2,1-3H3/b24-16+. The maximum atomic E-state index is 11.9. The van der Waals surface area contributed by atoms with E-state index in [1.807, 2.05) is 44.2 Å². The van der Waals surface area contributed by atoms with Gasteiger partial charge in [0.15, 0.2) is 16.9 Å². The third-order valence-electron chi connectivity index (χ3n) is 5.45. The first kappa shape index (κ1) is 20.0. The highest BCUT2D eigenvalue weighted by Crippen LogP contribution is 2.36. The number of hydrogen-bond acceptors (Lipinski definition) is 3. The molecule has 1 aromatic heterocycles. The van der Waals surface area contributed by atoms with Crippen LogP contribution < -0.4 is 14.9 Å². The number of rotatable bonds is 7. The number of pyridine rings is 1. The van der Waals surface area contributed by atoms with Crippen molar-refractivity contribution in [1.82, 2.24) is 4.57 Å². The molecule has 1 heterocycles. The molecule has 0 amide bonds. The lowest BCUT2D eigenvalue weighted by Crippen LogP contribution is -2.09. The summed E-state index contributed by atoms with van der Waals surface area (Å²) in [4.78, 5) is 11.9. The molecule has 0 saturated heterocycles. The summed E-state index contributed by atoms with van der Waals surface area (Å²) in [5, 5.41) is 0. The summed E-state index contributed by atoms with van der Waals surface area (Å²) in [6, 6.07) is 19.6. The van der Waals surface area contributed by atoms with E-state index in [1.165, 1.54) is 12.8 Å². The minimum Gasteiger partial charge on any atom is -0.493 e. The van der Waals surface area contributed by atoms with Gasteiger partial charge in [-0.3, -0.25) is 4.79 Å². The van der Waals surface area contributed by atoms with E-state index < -0.39 is 0 Å². The summed E-state index contributed by atoms with van der Waals surface area (Å²) in [5.74, 6) is 2.16. The fourth-order valence-corrected chi connectivity index (χ4v) is 3.59. The van der Waals surface area contributed by atoms with Gasteiger partial charge >= 0.3 is 0 Å². The van der Waals surface area contributed by atoms with Crippen LogP contribution in [0.1, 0.15) is 35.4 Å². The van der Waals surface area contributed by atoms with Gasteiger partial charge in [0.1, 0.15) is 0 Å². The second kappa shape index (κ2) is 8.62. The topological polar surface area (TPSA) is 40.5 Å². The lowest BCUT2D eigenvalue weighted by Gasteiger charge is -2.16. The molecular weight excluding hydrogens is 374 g/mol. The van der Waals surface area contributed by atoms with E-state index in [9.17, 15) is 4.79 Å². The van der Waals surface area contributed by atoms with Gasteiger partial charge in [0.2, 0.25) is 0 Å². The summed E-state index contributed by atoms with van der Waals surface area (Å²) >= 11 is 0. The molecule has 4 nitrogen and oxygen atoms in total. The van der Waals surface area contributed by atoms with Crippen molar-refractivity contribution in [3.8, 4) is 11.5 Å². The third-order valence-corrected chi connectivity index (χ3v) is 5.45. The Hall–Kier alpha value is -3.27. The molecule has 0 spiro atoms. The molecule has 0 unspecified atom stereocenters. The Balaban J connectivity index is 1.83. The van der Waals surface area contributed by atoms with E-state index >= 15 is 0 Å². The highest BCUT2D eigenvalue weighted by atomic mass is 16.5. The second-order valence-electron chi connectivity index (χ2n) is 7.87. The van der Waals surface area contributed by atoms with Crippen molar-refractivity contribution in [2.75, 3.05) is 13.7 Å². The van der Waals surface area contributed by atoms with Crippen molar-refractivity contribution in [2.45, 2.75) is 26.7 Å². The van der Waals surface area contributed by atoms with Gasteiger partial charge in [-0.2, -0.15) is 0 Å². The highest BCUT2D eigenvalue weighted by Gasteiger charge is 2.23. The molecular formula is C26H27NO3. The number of hydrogen-bond donors (Lipinski definition) is 0. The van der Waals surface area contributed by atoms with Gasteiger partial charge in [-0.25, -0.2) is 0 Å². The number of aromatic nitrogens is 1. The maximum absolute atomic E-state index is 11.9. The fraction of sp³-hybridized carbons (Fsp3) is 0.269. The molecule has 30 heavy (non-hydrogen) atoms. The van der Waals surface area contributed by atoms with E-state index in [4.69, 9.17) is 9.47 Å². The molecule has 0 N–H and O–H groups in total. The predicted octanol–water partition coefficient (Wildman–Crippen LogP) is 5.31. The van der Waals surface area contributed by atoms with Gasteiger partial charge < -0.3 is 14.0 Å². The molecule has 154 valence electrons. The lowest BCUT2D eigenvalue weighted by atomic mass is 9.98. The zero-order valence-corrected chi connectivity index (χ0v) is 17.7. The van der Waals surface area contributed by atoms with Crippen LogP contribution in [0, 0.1) is 19.8 Å². The van der Waals surface area contributed by atoms with E-state index in [2.05, 4.69) is 29.0 Å². The van der Waals surface area contributed by atoms with Crippen LogP contribution in [0.5, 0.6) is 11.5 Å². The molecule has 3 aromatic rings. The first-order chi connectivity index (χ1) is 14.5. The van der Waals surface area contributed by atoms with Gasteiger partial charge in [-0.15, -0.1) is 0 Å². The maximum Gasteiger partial charge on any atom is 0.182 e. The van der Waals surface area contributed by atoms with Crippen LogP contribution in [0.4, 0.5) is 0 Å². The molecule has 1 saturated carbocycles. The summed E-state index contributed by atoms with van der Waals surface area (Å²) in [6.45, 7) is 4.62. The summed E-state index contributed by atoms with van der Waals surface area (Å²) in [5.41, 5.74) is 4.98. The van der Waals surface area contributed by atoms with Crippen molar-refractivity contribution in [1.29, 1.82) is 0 Å². The Labute approximate surface area is 177 Å². The first-order valence-electron chi connectivity index (χ1n) is 10.3. The van der Waals surface area contributed by atoms with Crippen molar-refractivity contribution >= 4 is 11.8 Å². The van der Waals surface area contributed by atoms with Gasteiger partial charge in [0.05, 0.1) is 13.7 Å². The molecule has 1 aliphatic rings. The van der Waals surface area contributed by atoms with Crippen LogP contribution in [0.15, 0.2) is 65.5 Å². The molecule has 1 fully saturated rings. The molecule has 0 aliphatic heterocycles. The molecule has 4 rings (SSSR count). The Bertz CT molecular complexity index is 1100. The average Bonchev–Trinajstić information content (AvgIpc) is 3.57. The first-order valence-corrected chi connectivity index (χ1v) is 10.3. The van der Waals surface area contributed by atoms with E-state index in [-0.39, 0.29) is 5.43 Å². The van der Waals surface area contributed by atoms with Crippen LogP contribution in [-0.2, 0) is 0 Å². The monoisotopic (exact) mass is 401 g/mol. The Morgan fingerprint density at radius 2 is 1.67 bits per heavy atom. The van der Waals surface area contributed by atoms with Crippen molar-refractivity contribution < 1.29 is 9.47 Å². The van der Waals surface area contributed by atoms with Gasteiger partial charge in [-0.05, 0) is 55.9 Å². The summed E-state index contributed by atoms with van der Waals surface area (Å²) in [6.07, 6.45) is 4.57. The molecule has 0 bridgehead atoms. The van der Waals surface area contributed by atoms with E-state index in [0.717, 1.165) is 46.2 Å². The number of aryl methyl sites for hydroxylation is 2. The average molecular weight is 402 g/mol. The number of ether oxygens (including phenoxy) is 2. The highest BCUT2D eigenvalue weighted by molar-refractivity contribution is 5.88. The minimum absolute atomic E-state index is 0.0242. The molecule has 0 atom stereocenters. The normalized spacial score (nSPS) is 13.9. The van der Waals surface area contributed by atoms with Crippen LogP contribution in [-0.4, -0.2) is 18.3 Å². The molecule has 1 aliphatic carbocycles. The second-order valence-corrected chi connectivity index (χ2v) is 7.87. The number of methoxy groups -OCH3 is 1. The fourth-order valence-electron chi connectivity index (χ4n) is 3.59.